The maximum Gasteiger partial charge on any atom is 0.262 e. The molecule has 4 rings (SSSR count). The third-order valence-corrected chi connectivity index (χ3v) is 4.83. The lowest BCUT2D eigenvalue weighted by Crippen LogP contribution is -2.21. The number of benzene rings is 2. The fourth-order valence-corrected chi connectivity index (χ4v) is 3.61. The zero-order chi connectivity index (χ0) is 17.6. The zero-order valence-corrected chi connectivity index (χ0v) is 14.0. The number of halogens is 2. The van der Waals surface area contributed by atoms with E-state index in [0.717, 1.165) is 10.8 Å². The molecule has 2 aromatic heterocycles. The lowest BCUT2D eigenvalue weighted by molar-refractivity contribution is 0.102. The van der Waals surface area contributed by atoms with Gasteiger partial charge in [0.15, 0.2) is 5.13 Å². The van der Waals surface area contributed by atoms with Crippen LogP contribution >= 0.6 is 22.9 Å². The van der Waals surface area contributed by atoms with E-state index in [1.54, 1.807) is 18.2 Å². The Morgan fingerprint density at radius 2 is 2.08 bits per heavy atom. The molecule has 2 heterocycles. The number of carbonyl (C=O) groups is 1. The quantitative estimate of drug-likeness (QED) is 0.553. The summed E-state index contributed by atoms with van der Waals surface area (Å²) in [6.45, 7) is 0. The maximum absolute atomic E-state index is 13.4. The summed E-state index contributed by atoms with van der Waals surface area (Å²) >= 11 is 7.18. The van der Waals surface area contributed by atoms with E-state index in [9.17, 15) is 14.0 Å². The van der Waals surface area contributed by atoms with Crippen LogP contribution in [-0.2, 0) is 0 Å². The van der Waals surface area contributed by atoms with Gasteiger partial charge >= 0.3 is 0 Å². The summed E-state index contributed by atoms with van der Waals surface area (Å²) < 4.78 is 14.2. The van der Waals surface area contributed by atoms with Crippen molar-refractivity contribution in [3.63, 3.8) is 0 Å². The number of pyridine rings is 1. The van der Waals surface area contributed by atoms with Crippen LogP contribution in [0.4, 0.5) is 9.52 Å². The number of anilines is 1. The van der Waals surface area contributed by atoms with Crippen LogP contribution in [-0.4, -0.2) is 15.9 Å². The highest BCUT2D eigenvalue weighted by molar-refractivity contribution is 7.22. The average Bonchev–Trinajstić information content (AvgIpc) is 2.96. The molecule has 0 aliphatic carbocycles. The fourth-order valence-electron chi connectivity index (χ4n) is 2.48. The lowest BCUT2D eigenvalue weighted by atomic mass is 10.1. The van der Waals surface area contributed by atoms with Gasteiger partial charge < -0.3 is 4.98 Å². The van der Waals surface area contributed by atoms with E-state index >= 15 is 0 Å². The predicted octanol–water partition coefficient (Wildman–Crippen LogP) is 4.18. The zero-order valence-electron chi connectivity index (χ0n) is 12.5. The van der Waals surface area contributed by atoms with Gasteiger partial charge in [-0.2, -0.15) is 0 Å². The van der Waals surface area contributed by atoms with Gasteiger partial charge in [0.1, 0.15) is 11.4 Å². The molecule has 1 amide bonds. The van der Waals surface area contributed by atoms with Gasteiger partial charge in [0, 0.05) is 22.1 Å². The molecule has 25 heavy (non-hydrogen) atoms. The Hall–Kier alpha value is -2.77. The summed E-state index contributed by atoms with van der Waals surface area (Å²) in [6.07, 6.45) is 1.31. The number of aromatic nitrogens is 2. The van der Waals surface area contributed by atoms with Gasteiger partial charge in [-0.15, -0.1) is 0 Å². The first-order chi connectivity index (χ1) is 12.0. The van der Waals surface area contributed by atoms with Crippen molar-refractivity contribution in [2.75, 3.05) is 5.32 Å². The first kappa shape index (κ1) is 15.7. The summed E-state index contributed by atoms with van der Waals surface area (Å²) in [4.78, 5) is 32.0. The van der Waals surface area contributed by atoms with Crippen molar-refractivity contribution in [2.24, 2.45) is 0 Å². The van der Waals surface area contributed by atoms with Crippen LogP contribution in [0.25, 0.3) is 21.1 Å². The number of amides is 1. The van der Waals surface area contributed by atoms with Gasteiger partial charge in [0.25, 0.3) is 5.91 Å². The topological polar surface area (TPSA) is 74.8 Å². The Labute approximate surface area is 149 Å². The maximum atomic E-state index is 13.4. The van der Waals surface area contributed by atoms with Crippen LogP contribution < -0.4 is 10.7 Å². The second-order valence-corrected chi connectivity index (χ2v) is 6.77. The number of carbonyl (C=O) groups excluding carboxylic acids is 1. The molecular weight excluding hydrogens is 365 g/mol. The Bertz CT molecular complexity index is 1200. The molecule has 0 spiro atoms. The number of thiazole rings is 1. The summed E-state index contributed by atoms with van der Waals surface area (Å²) in [5.41, 5.74) is 0.488. The SMILES string of the molecule is O=C(Nc1nc2ccc(Cl)cc2s1)c1c[nH]c2ccc(F)cc2c1=O. The number of rotatable bonds is 2. The monoisotopic (exact) mass is 373 g/mol. The van der Waals surface area contributed by atoms with Crippen LogP contribution in [0.1, 0.15) is 10.4 Å². The Kier molecular flexibility index (Phi) is 3.74. The van der Waals surface area contributed by atoms with Crippen LogP contribution in [0, 0.1) is 5.82 Å². The summed E-state index contributed by atoms with van der Waals surface area (Å²) in [6, 6.07) is 8.99. The highest BCUT2D eigenvalue weighted by Gasteiger charge is 2.15. The summed E-state index contributed by atoms with van der Waals surface area (Å²) in [5.74, 6) is -1.16. The van der Waals surface area contributed by atoms with Crippen molar-refractivity contribution >= 4 is 55.1 Å². The van der Waals surface area contributed by atoms with E-state index in [0.29, 0.717) is 21.2 Å². The largest absolute Gasteiger partial charge is 0.360 e. The summed E-state index contributed by atoms with van der Waals surface area (Å²) in [7, 11) is 0. The molecule has 8 heteroatoms. The molecule has 5 nitrogen and oxygen atoms in total. The Balaban J connectivity index is 1.71. The van der Waals surface area contributed by atoms with E-state index in [1.807, 2.05) is 0 Å². The van der Waals surface area contributed by atoms with Gasteiger partial charge in [-0.3, -0.25) is 14.9 Å². The molecule has 0 fully saturated rings. The molecule has 2 N–H and O–H groups in total. The van der Waals surface area contributed by atoms with Crippen LogP contribution in [0.2, 0.25) is 5.02 Å². The smallest absolute Gasteiger partial charge is 0.262 e. The molecular formula is C17H9ClFN3O2S. The van der Waals surface area contributed by atoms with E-state index in [2.05, 4.69) is 15.3 Å². The van der Waals surface area contributed by atoms with Crippen LogP contribution in [0.3, 0.4) is 0 Å². The minimum Gasteiger partial charge on any atom is -0.360 e. The van der Waals surface area contributed by atoms with Crippen molar-refractivity contribution in [3.8, 4) is 0 Å². The number of nitrogens with one attached hydrogen (secondary N) is 2. The standard InChI is InChI=1S/C17H9ClFN3O2S/c18-8-1-3-13-14(5-8)25-17(21-13)22-16(24)11-7-20-12-4-2-9(19)6-10(12)15(11)23/h1-7H,(H,20,23)(H,21,22,24). The van der Waals surface area contributed by atoms with Crippen molar-refractivity contribution in [2.45, 2.75) is 0 Å². The number of nitrogens with zero attached hydrogens (tertiary/aromatic N) is 1. The third kappa shape index (κ3) is 2.88. The van der Waals surface area contributed by atoms with Gasteiger partial charge in [-0.25, -0.2) is 9.37 Å². The minimum absolute atomic E-state index is 0.115. The first-order valence-electron chi connectivity index (χ1n) is 7.20. The number of H-pyrrole nitrogens is 1. The number of hydrogen-bond acceptors (Lipinski definition) is 4. The molecule has 124 valence electrons. The Morgan fingerprint density at radius 3 is 2.92 bits per heavy atom. The van der Waals surface area contributed by atoms with E-state index in [-0.39, 0.29) is 10.9 Å². The van der Waals surface area contributed by atoms with E-state index in [1.165, 1.54) is 29.7 Å². The van der Waals surface area contributed by atoms with Crippen molar-refractivity contribution in [3.05, 3.63) is 69.2 Å². The highest BCUT2D eigenvalue weighted by atomic mass is 35.5. The second-order valence-electron chi connectivity index (χ2n) is 5.31. The molecule has 0 saturated heterocycles. The van der Waals surface area contributed by atoms with Gasteiger partial charge in [0.2, 0.25) is 5.43 Å². The lowest BCUT2D eigenvalue weighted by Gasteiger charge is -2.03. The van der Waals surface area contributed by atoms with Gasteiger partial charge in [-0.05, 0) is 36.4 Å². The minimum atomic E-state index is -0.613. The Morgan fingerprint density at radius 1 is 1.24 bits per heavy atom. The van der Waals surface area contributed by atoms with Gasteiger partial charge in [-0.1, -0.05) is 22.9 Å². The van der Waals surface area contributed by atoms with E-state index < -0.39 is 17.2 Å². The third-order valence-electron chi connectivity index (χ3n) is 3.66. The molecule has 0 aliphatic heterocycles. The molecule has 0 unspecified atom stereocenters. The van der Waals surface area contributed by atoms with Crippen LogP contribution in [0.15, 0.2) is 47.4 Å². The van der Waals surface area contributed by atoms with Crippen molar-refractivity contribution in [1.29, 1.82) is 0 Å². The molecule has 0 atom stereocenters. The fraction of sp³-hybridized carbons (Fsp3) is 0. The molecule has 4 aromatic rings. The van der Waals surface area contributed by atoms with Crippen molar-refractivity contribution < 1.29 is 9.18 Å². The highest BCUT2D eigenvalue weighted by Crippen LogP contribution is 2.28. The summed E-state index contributed by atoms with van der Waals surface area (Å²) in [5, 5.41) is 3.63. The molecule has 2 aromatic carbocycles. The van der Waals surface area contributed by atoms with Crippen LogP contribution in [0.5, 0.6) is 0 Å². The molecule has 0 aliphatic rings. The average molecular weight is 374 g/mol. The normalized spacial score (nSPS) is 11.1. The number of hydrogen-bond donors (Lipinski definition) is 2. The molecule has 0 radical (unpaired) electrons. The van der Waals surface area contributed by atoms with E-state index in [4.69, 9.17) is 11.6 Å². The second kappa shape index (κ2) is 5.94. The number of aromatic amines is 1. The predicted molar refractivity (Wildman–Crippen MR) is 97.1 cm³/mol. The first-order valence-corrected chi connectivity index (χ1v) is 8.39. The molecule has 0 saturated carbocycles. The van der Waals surface area contributed by atoms with Crippen molar-refractivity contribution in [1.82, 2.24) is 9.97 Å². The molecule has 0 bridgehead atoms. The van der Waals surface area contributed by atoms with Gasteiger partial charge in [0.05, 0.1) is 10.2 Å². The number of fused-ring (bicyclic) bond motifs is 2.